The summed E-state index contributed by atoms with van der Waals surface area (Å²) >= 11 is 7.56. The Morgan fingerprint density at radius 3 is 2.39 bits per heavy atom. The van der Waals surface area contributed by atoms with Crippen LogP contribution in [0.4, 0.5) is 5.82 Å². The molecule has 0 aromatic carbocycles. The van der Waals surface area contributed by atoms with Gasteiger partial charge in [0.1, 0.15) is 11.4 Å². The summed E-state index contributed by atoms with van der Waals surface area (Å²) < 4.78 is 2.83. The molecular formula is C18H24ClN5O3S. The van der Waals surface area contributed by atoms with Crippen LogP contribution in [0.5, 0.6) is 0 Å². The number of nitrogens with two attached hydrogens (primary N) is 1. The third-order valence-corrected chi connectivity index (χ3v) is 6.51. The number of aromatic nitrogens is 2. The summed E-state index contributed by atoms with van der Waals surface area (Å²) in [6.07, 6.45) is 0. The van der Waals surface area contributed by atoms with E-state index in [0.29, 0.717) is 13.1 Å². The van der Waals surface area contributed by atoms with Crippen LogP contribution in [-0.4, -0.2) is 56.9 Å². The number of nitrogens with zero attached hydrogens (tertiary/aromatic N) is 4. The first-order valence-electron chi connectivity index (χ1n) is 9.01. The van der Waals surface area contributed by atoms with E-state index in [2.05, 4.69) is 4.90 Å². The number of ketones is 1. The first-order chi connectivity index (χ1) is 13.2. The molecule has 0 spiro atoms. The van der Waals surface area contributed by atoms with E-state index in [0.717, 1.165) is 33.1 Å². The zero-order chi connectivity index (χ0) is 20.6. The standard InChI is InChI=1S/C18H24ClN5O3S/c1-11(15(25)14-16(20)21(2)18(27)22(3)17(14)26)24-8-6-23(7-9-24)10-12-4-5-13(19)28-12/h4-5,11H,6-10,20H2,1-3H3. The van der Waals surface area contributed by atoms with Gasteiger partial charge in [0.25, 0.3) is 5.56 Å². The predicted octanol–water partition coefficient (Wildman–Crippen LogP) is 0.770. The van der Waals surface area contributed by atoms with Crippen molar-refractivity contribution >= 4 is 34.5 Å². The van der Waals surface area contributed by atoms with Gasteiger partial charge in [0.15, 0.2) is 5.78 Å². The number of hydrogen-bond acceptors (Lipinski definition) is 7. The van der Waals surface area contributed by atoms with E-state index in [1.165, 1.54) is 19.0 Å². The van der Waals surface area contributed by atoms with Crippen LogP contribution in [0.1, 0.15) is 22.2 Å². The summed E-state index contributed by atoms with van der Waals surface area (Å²) in [6.45, 7) is 5.65. The number of thiophene rings is 1. The number of rotatable bonds is 5. The molecule has 1 saturated heterocycles. The van der Waals surface area contributed by atoms with Crippen LogP contribution in [0.25, 0.3) is 0 Å². The predicted molar refractivity (Wildman–Crippen MR) is 111 cm³/mol. The molecule has 0 amide bonds. The van der Waals surface area contributed by atoms with Crippen LogP contribution in [0, 0.1) is 0 Å². The van der Waals surface area contributed by atoms with E-state index in [1.54, 1.807) is 18.3 Å². The van der Waals surface area contributed by atoms with Gasteiger partial charge in [-0.15, -0.1) is 11.3 Å². The summed E-state index contributed by atoms with van der Waals surface area (Å²) in [6, 6.07) is 3.44. The largest absolute Gasteiger partial charge is 0.384 e. The molecule has 2 N–H and O–H groups in total. The second-order valence-electron chi connectivity index (χ2n) is 7.02. The minimum absolute atomic E-state index is 0.0850. The lowest BCUT2D eigenvalue weighted by Crippen LogP contribution is -2.52. The van der Waals surface area contributed by atoms with E-state index in [9.17, 15) is 14.4 Å². The molecule has 28 heavy (non-hydrogen) atoms. The molecule has 8 nitrogen and oxygen atoms in total. The first kappa shape index (κ1) is 20.8. The van der Waals surface area contributed by atoms with E-state index in [4.69, 9.17) is 17.3 Å². The maximum Gasteiger partial charge on any atom is 0.332 e. The van der Waals surface area contributed by atoms with Gasteiger partial charge in [0.2, 0.25) is 0 Å². The SMILES string of the molecule is CC(C(=O)c1c(N)n(C)c(=O)n(C)c1=O)N1CCN(Cc2ccc(Cl)s2)CC1. The van der Waals surface area contributed by atoms with Gasteiger partial charge in [-0.25, -0.2) is 4.79 Å². The van der Waals surface area contributed by atoms with Crippen LogP contribution in [-0.2, 0) is 20.6 Å². The second-order valence-corrected chi connectivity index (χ2v) is 8.82. The number of anilines is 1. The Bertz CT molecular complexity index is 1000. The fourth-order valence-corrected chi connectivity index (χ4v) is 4.56. The molecule has 2 aromatic rings. The summed E-state index contributed by atoms with van der Waals surface area (Å²) in [5, 5.41) is 0. The van der Waals surface area contributed by atoms with E-state index >= 15 is 0 Å². The summed E-state index contributed by atoms with van der Waals surface area (Å²) in [4.78, 5) is 43.0. The first-order valence-corrected chi connectivity index (χ1v) is 10.2. The second kappa shape index (κ2) is 8.20. The molecule has 152 valence electrons. The molecule has 0 bridgehead atoms. The average Bonchev–Trinajstić information content (AvgIpc) is 3.09. The quantitative estimate of drug-likeness (QED) is 0.711. The number of carbonyl (C=O) groups is 1. The molecular weight excluding hydrogens is 402 g/mol. The Morgan fingerprint density at radius 1 is 1.18 bits per heavy atom. The maximum absolute atomic E-state index is 13.0. The van der Waals surface area contributed by atoms with Gasteiger partial charge >= 0.3 is 5.69 Å². The van der Waals surface area contributed by atoms with Crippen LogP contribution in [0.3, 0.4) is 0 Å². The average molecular weight is 426 g/mol. The molecule has 2 aromatic heterocycles. The van der Waals surface area contributed by atoms with Gasteiger partial charge < -0.3 is 5.73 Å². The molecule has 1 unspecified atom stereocenters. The Morgan fingerprint density at radius 2 is 1.82 bits per heavy atom. The van der Waals surface area contributed by atoms with E-state index in [-0.39, 0.29) is 17.2 Å². The lowest BCUT2D eigenvalue weighted by Gasteiger charge is -2.37. The van der Waals surface area contributed by atoms with Gasteiger partial charge in [-0.05, 0) is 19.1 Å². The minimum Gasteiger partial charge on any atom is -0.384 e. The lowest BCUT2D eigenvalue weighted by atomic mass is 10.0. The molecule has 1 fully saturated rings. The van der Waals surface area contributed by atoms with E-state index < -0.39 is 17.3 Å². The van der Waals surface area contributed by atoms with Gasteiger partial charge in [0.05, 0.1) is 10.4 Å². The number of nitrogen functional groups attached to an aromatic ring is 1. The van der Waals surface area contributed by atoms with Gasteiger partial charge in [0, 0.05) is 51.7 Å². The van der Waals surface area contributed by atoms with Crippen LogP contribution < -0.4 is 17.0 Å². The third-order valence-electron chi connectivity index (χ3n) is 5.30. The molecule has 1 atom stereocenters. The van der Waals surface area contributed by atoms with Gasteiger partial charge in [-0.2, -0.15) is 0 Å². The Hall–Kier alpha value is -1.94. The highest BCUT2D eigenvalue weighted by atomic mass is 35.5. The number of carbonyl (C=O) groups excluding carboxylic acids is 1. The van der Waals surface area contributed by atoms with Crippen LogP contribution in [0.2, 0.25) is 4.34 Å². The summed E-state index contributed by atoms with van der Waals surface area (Å²) in [7, 11) is 2.80. The smallest absolute Gasteiger partial charge is 0.332 e. The molecule has 1 aliphatic heterocycles. The molecule has 3 rings (SSSR count). The highest BCUT2D eigenvalue weighted by Crippen LogP contribution is 2.23. The molecule has 10 heteroatoms. The highest BCUT2D eigenvalue weighted by Gasteiger charge is 2.30. The van der Waals surface area contributed by atoms with E-state index in [1.807, 2.05) is 17.0 Å². The summed E-state index contributed by atoms with van der Waals surface area (Å²) in [5.41, 5.74) is 4.61. The van der Waals surface area contributed by atoms with Crippen molar-refractivity contribution in [3.8, 4) is 0 Å². The fraction of sp³-hybridized carbons (Fsp3) is 0.500. The number of Topliss-reactive ketones (excluding diaryl/α,β-unsaturated/α-hetero) is 1. The normalized spacial score (nSPS) is 17.0. The van der Waals surface area contributed by atoms with Gasteiger partial charge in [-0.3, -0.25) is 28.5 Å². The summed E-state index contributed by atoms with van der Waals surface area (Å²) in [5.74, 6) is -0.439. The van der Waals surface area contributed by atoms with Crippen molar-refractivity contribution in [2.24, 2.45) is 14.1 Å². The van der Waals surface area contributed by atoms with Crippen molar-refractivity contribution in [3.63, 3.8) is 0 Å². The van der Waals surface area contributed by atoms with Crippen molar-refractivity contribution in [2.45, 2.75) is 19.5 Å². The van der Waals surface area contributed by atoms with Crippen LogP contribution >= 0.6 is 22.9 Å². The number of hydrogen-bond donors (Lipinski definition) is 1. The third kappa shape index (κ3) is 3.93. The minimum atomic E-state index is -0.648. The van der Waals surface area contributed by atoms with Crippen molar-refractivity contribution in [1.82, 2.24) is 18.9 Å². The molecule has 0 aliphatic carbocycles. The molecule has 3 heterocycles. The Kier molecular flexibility index (Phi) is 6.09. The fourth-order valence-electron chi connectivity index (χ4n) is 3.43. The Balaban J connectivity index is 1.70. The molecule has 1 aliphatic rings. The van der Waals surface area contributed by atoms with Crippen molar-refractivity contribution in [2.75, 3.05) is 31.9 Å². The van der Waals surface area contributed by atoms with Crippen molar-refractivity contribution < 1.29 is 4.79 Å². The Labute approximate surface area is 171 Å². The zero-order valence-corrected chi connectivity index (χ0v) is 17.7. The molecule has 0 saturated carbocycles. The highest BCUT2D eigenvalue weighted by molar-refractivity contribution is 7.16. The number of halogens is 1. The van der Waals surface area contributed by atoms with Crippen molar-refractivity contribution in [1.29, 1.82) is 0 Å². The van der Waals surface area contributed by atoms with Gasteiger partial charge in [-0.1, -0.05) is 11.6 Å². The monoisotopic (exact) mass is 425 g/mol. The molecule has 0 radical (unpaired) electrons. The van der Waals surface area contributed by atoms with Crippen LogP contribution in [0.15, 0.2) is 21.7 Å². The lowest BCUT2D eigenvalue weighted by molar-refractivity contribution is 0.0687. The maximum atomic E-state index is 13.0. The number of piperazine rings is 1. The topological polar surface area (TPSA) is 93.6 Å². The zero-order valence-electron chi connectivity index (χ0n) is 16.1. The van der Waals surface area contributed by atoms with Crippen molar-refractivity contribution in [3.05, 3.63) is 47.7 Å².